The molecule has 0 aliphatic heterocycles. The van der Waals surface area contributed by atoms with E-state index in [-0.39, 0.29) is 0 Å². The smallest absolute Gasteiger partial charge is 0.336 e. The summed E-state index contributed by atoms with van der Waals surface area (Å²) in [5.74, 6) is -0.411. The molecule has 0 aliphatic rings. The highest BCUT2D eigenvalue weighted by molar-refractivity contribution is 6.04. The van der Waals surface area contributed by atoms with Gasteiger partial charge in [0.2, 0.25) is 0 Å². The van der Waals surface area contributed by atoms with E-state index in [1.807, 2.05) is 37.3 Å². The highest BCUT2D eigenvalue weighted by Gasteiger charge is 2.14. The summed E-state index contributed by atoms with van der Waals surface area (Å²) in [6, 6.07) is 15.6. The van der Waals surface area contributed by atoms with Gasteiger partial charge in [-0.2, -0.15) is 0 Å². The Bertz CT molecular complexity index is 898. The van der Waals surface area contributed by atoms with Crippen LogP contribution in [0.2, 0.25) is 0 Å². The zero-order chi connectivity index (χ0) is 17.3. The van der Waals surface area contributed by atoms with Gasteiger partial charge in [0, 0.05) is 10.9 Å². The fourth-order valence-electron chi connectivity index (χ4n) is 2.93. The average Bonchev–Trinajstić information content (AvgIpc) is 2.60. The number of aromatic carboxylic acids is 1. The van der Waals surface area contributed by atoms with E-state index >= 15 is 0 Å². The highest BCUT2D eigenvalue weighted by Crippen LogP contribution is 2.28. The van der Waals surface area contributed by atoms with Gasteiger partial charge in [-0.15, -0.1) is 0 Å². The molecule has 0 amide bonds. The number of hydrogen-bond donors (Lipinski definition) is 1. The molecule has 3 aromatic rings. The minimum Gasteiger partial charge on any atom is -0.478 e. The number of aryl methyl sites for hydroxylation is 1. The summed E-state index contributed by atoms with van der Waals surface area (Å²) in [6.07, 6.45) is 1.09. The molecule has 2 aromatic carbocycles. The van der Waals surface area contributed by atoms with Gasteiger partial charge in [-0.25, -0.2) is 9.78 Å². The fraction of sp³-hybridized carbons (Fsp3) is 0.238. The lowest BCUT2D eigenvalue weighted by molar-refractivity contribution is 0.0699. The normalized spacial score (nSPS) is 12.3. The standard InChI is InChI=1S/C21H21NO2/c1-4-13(2)15-8-10-16(11-9-15)19-12-18(21(23)24)17-7-5-6-14(3)20(17)22-19/h5-13H,4H2,1-3H3,(H,23,24)/t13-/m0/s1. The van der Waals surface area contributed by atoms with Crippen molar-refractivity contribution in [2.45, 2.75) is 33.1 Å². The summed E-state index contributed by atoms with van der Waals surface area (Å²) in [7, 11) is 0. The Morgan fingerprint density at radius 2 is 1.88 bits per heavy atom. The van der Waals surface area contributed by atoms with Crippen molar-refractivity contribution in [2.24, 2.45) is 0 Å². The van der Waals surface area contributed by atoms with Crippen molar-refractivity contribution in [3.8, 4) is 11.3 Å². The van der Waals surface area contributed by atoms with E-state index in [0.29, 0.717) is 22.6 Å². The van der Waals surface area contributed by atoms with Crippen LogP contribution < -0.4 is 0 Å². The number of carbonyl (C=O) groups is 1. The SMILES string of the molecule is CC[C@H](C)c1ccc(-c2cc(C(=O)O)c3cccc(C)c3n2)cc1. The quantitative estimate of drug-likeness (QED) is 0.698. The lowest BCUT2D eigenvalue weighted by Gasteiger charge is -2.11. The fourth-order valence-corrected chi connectivity index (χ4v) is 2.93. The van der Waals surface area contributed by atoms with Crippen molar-refractivity contribution in [1.29, 1.82) is 0 Å². The Hall–Kier alpha value is -2.68. The van der Waals surface area contributed by atoms with Crippen LogP contribution in [0.25, 0.3) is 22.2 Å². The monoisotopic (exact) mass is 319 g/mol. The van der Waals surface area contributed by atoms with Crippen LogP contribution in [0.15, 0.2) is 48.5 Å². The summed E-state index contributed by atoms with van der Waals surface area (Å²) in [4.78, 5) is 16.4. The number of benzene rings is 2. The zero-order valence-corrected chi connectivity index (χ0v) is 14.2. The predicted octanol–water partition coefficient (Wildman–Crippen LogP) is 5.42. The number of rotatable bonds is 4. The van der Waals surface area contributed by atoms with Crippen LogP contribution in [0.4, 0.5) is 0 Å². The molecule has 0 unspecified atom stereocenters. The molecule has 0 radical (unpaired) electrons. The van der Waals surface area contributed by atoms with Crippen molar-refractivity contribution in [2.75, 3.05) is 0 Å². The molecule has 1 atom stereocenters. The number of nitrogens with zero attached hydrogens (tertiary/aromatic N) is 1. The van der Waals surface area contributed by atoms with Crippen LogP contribution >= 0.6 is 0 Å². The Morgan fingerprint density at radius 1 is 1.17 bits per heavy atom. The first kappa shape index (κ1) is 16.2. The molecule has 0 bridgehead atoms. The second kappa shape index (κ2) is 6.44. The van der Waals surface area contributed by atoms with E-state index in [2.05, 4.69) is 26.0 Å². The molecule has 0 aliphatic carbocycles. The second-order valence-corrected chi connectivity index (χ2v) is 6.26. The average molecular weight is 319 g/mol. The number of aromatic nitrogens is 1. The third-order valence-corrected chi connectivity index (χ3v) is 4.66. The van der Waals surface area contributed by atoms with Gasteiger partial charge in [-0.05, 0) is 36.5 Å². The van der Waals surface area contributed by atoms with Crippen molar-refractivity contribution in [3.05, 3.63) is 65.2 Å². The Morgan fingerprint density at radius 3 is 2.50 bits per heavy atom. The third kappa shape index (κ3) is 2.90. The number of fused-ring (bicyclic) bond motifs is 1. The van der Waals surface area contributed by atoms with Gasteiger partial charge < -0.3 is 5.11 Å². The molecular weight excluding hydrogens is 298 g/mol. The van der Waals surface area contributed by atoms with Gasteiger partial charge in [0.15, 0.2) is 0 Å². The zero-order valence-electron chi connectivity index (χ0n) is 14.2. The molecule has 1 heterocycles. The van der Waals surface area contributed by atoms with E-state index < -0.39 is 5.97 Å². The summed E-state index contributed by atoms with van der Waals surface area (Å²) >= 11 is 0. The predicted molar refractivity (Wildman–Crippen MR) is 97.6 cm³/mol. The highest BCUT2D eigenvalue weighted by atomic mass is 16.4. The van der Waals surface area contributed by atoms with Crippen LogP contribution in [-0.4, -0.2) is 16.1 Å². The van der Waals surface area contributed by atoms with Crippen molar-refractivity contribution in [1.82, 2.24) is 4.98 Å². The first-order valence-electron chi connectivity index (χ1n) is 8.25. The Balaban J connectivity index is 2.16. The molecule has 0 spiro atoms. The van der Waals surface area contributed by atoms with Crippen molar-refractivity contribution >= 4 is 16.9 Å². The van der Waals surface area contributed by atoms with E-state index in [4.69, 9.17) is 4.98 Å². The van der Waals surface area contributed by atoms with Crippen molar-refractivity contribution < 1.29 is 9.90 Å². The molecule has 0 saturated carbocycles. The number of carboxylic acid groups (broad SMARTS) is 1. The molecule has 1 aromatic heterocycles. The largest absolute Gasteiger partial charge is 0.478 e. The van der Waals surface area contributed by atoms with Gasteiger partial charge in [0.05, 0.1) is 16.8 Å². The Kier molecular flexibility index (Phi) is 4.34. The van der Waals surface area contributed by atoms with Crippen LogP contribution in [0.5, 0.6) is 0 Å². The van der Waals surface area contributed by atoms with Gasteiger partial charge in [0.1, 0.15) is 0 Å². The summed E-state index contributed by atoms with van der Waals surface area (Å²) in [5, 5.41) is 10.2. The molecule has 122 valence electrons. The first-order chi connectivity index (χ1) is 11.5. The van der Waals surface area contributed by atoms with E-state index in [9.17, 15) is 9.90 Å². The van der Waals surface area contributed by atoms with Gasteiger partial charge in [-0.3, -0.25) is 0 Å². The number of carboxylic acids is 1. The number of hydrogen-bond acceptors (Lipinski definition) is 2. The van der Waals surface area contributed by atoms with Crippen LogP contribution in [0, 0.1) is 6.92 Å². The van der Waals surface area contributed by atoms with Crippen LogP contribution in [0.1, 0.15) is 47.7 Å². The second-order valence-electron chi connectivity index (χ2n) is 6.26. The number of para-hydroxylation sites is 1. The molecule has 3 rings (SSSR count). The topological polar surface area (TPSA) is 50.2 Å². The molecule has 3 nitrogen and oxygen atoms in total. The third-order valence-electron chi connectivity index (χ3n) is 4.66. The summed E-state index contributed by atoms with van der Waals surface area (Å²) in [5.41, 5.74) is 4.95. The maximum Gasteiger partial charge on any atom is 0.336 e. The summed E-state index contributed by atoms with van der Waals surface area (Å²) in [6.45, 7) is 6.33. The minimum atomic E-state index is -0.925. The Labute approximate surface area is 142 Å². The summed E-state index contributed by atoms with van der Waals surface area (Å²) < 4.78 is 0. The molecule has 0 fully saturated rings. The van der Waals surface area contributed by atoms with Crippen LogP contribution in [0.3, 0.4) is 0 Å². The number of pyridine rings is 1. The molecular formula is C21H21NO2. The lowest BCUT2D eigenvalue weighted by atomic mass is 9.96. The lowest BCUT2D eigenvalue weighted by Crippen LogP contribution is -2.01. The maximum atomic E-state index is 11.7. The molecule has 3 heteroatoms. The van der Waals surface area contributed by atoms with Gasteiger partial charge >= 0.3 is 5.97 Å². The minimum absolute atomic E-state index is 0.296. The van der Waals surface area contributed by atoms with Crippen molar-refractivity contribution in [3.63, 3.8) is 0 Å². The van der Waals surface area contributed by atoms with Gasteiger partial charge in [0.25, 0.3) is 0 Å². The van der Waals surface area contributed by atoms with Crippen LogP contribution in [-0.2, 0) is 0 Å². The first-order valence-corrected chi connectivity index (χ1v) is 8.25. The molecule has 24 heavy (non-hydrogen) atoms. The maximum absolute atomic E-state index is 11.7. The van der Waals surface area contributed by atoms with E-state index in [0.717, 1.165) is 23.1 Å². The molecule has 0 saturated heterocycles. The molecule has 1 N–H and O–H groups in total. The van der Waals surface area contributed by atoms with Gasteiger partial charge in [-0.1, -0.05) is 56.3 Å². The van der Waals surface area contributed by atoms with E-state index in [1.165, 1.54) is 5.56 Å². The van der Waals surface area contributed by atoms with E-state index in [1.54, 1.807) is 6.07 Å².